The van der Waals surface area contributed by atoms with E-state index in [1.807, 2.05) is 12.3 Å². The van der Waals surface area contributed by atoms with Crippen molar-refractivity contribution in [1.82, 2.24) is 9.38 Å². The Hall–Kier alpha value is -1.93. The van der Waals surface area contributed by atoms with Crippen LogP contribution in [0.25, 0.3) is 4.96 Å². The van der Waals surface area contributed by atoms with Crippen molar-refractivity contribution in [1.29, 1.82) is 0 Å². The van der Waals surface area contributed by atoms with Crippen LogP contribution in [-0.4, -0.2) is 15.3 Å². The monoisotopic (exact) mass is 381 g/mol. The minimum absolute atomic E-state index is 0.122. The summed E-state index contributed by atoms with van der Waals surface area (Å²) in [5.41, 5.74) is 1.24. The van der Waals surface area contributed by atoms with E-state index in [0.717, 1.165) is 5.69 Å². The summed E-state index contributed by atoms with van der Waals surface area (Å²) in [7, 11) is 0. The van der Waals surface area contributed by atoms with Crippen molar-refractivity contribution in [2.75, 3.05) is 5.32 Å². The Balaban J connectivity index is 2.07. The molecule has 0 saturated carbocycles. The Labute approximate surface area is 137 Å². The molecule has 0 atom stereocenters. The summed E-state index contributed by atoms with van der Waals surface area (Å²) in [4.78, 5) is 29.8. The predicted octanol–water partition coefficient (Wildman–Crippen LogP) is 3.23. The highest BCUT2D eigenvalue weighted by molar-refractivity contribution is 9.10. The minimum Gasteiger partial charge on any atom is -0.444 e. The van der Waals surface area contributed by atoms with E-state index >= 15 is 0 Å². The number of aryl methyl sites for hydroxylation is 2. The van der Waals surface area contributed by atoms with Gasteiger partial charge in [0.15, 0.2) is 15.4 Å². The fraction of sp³-hybridized carbons (Fsp3) is 0.214. The topological polar surface area (TPSA) is 76.6 Å². The Kier molecular flexibility index (Phi) is 3.88. The van der Waals surface area contributed by atoms with Crippen molar-refractivity contribution in [3.05, 3.63) is 49.7 Å². The van der Waals surface area contributed by atoms with E-state index in [2.05, 4.69) is 26.2 Å². The van der Waals surface area contributed by atoms with Gasteiger partial charge in [0, 0.05) is 11.1 Å². The lowest BCUT2D eigenvalue weighted by molar-refractivity contribution is 0.0995. The number of carbonyl (C=O) groups is 1. The Morgan fingerprint density at radius 3 is 2.91 bits per heavy atom. The predicted molar refractivity (Wildman–Crippen MR) is 87.8 cm³/mol. The van der Waals surface area contributed by atoms with E-state index in [1.54, 1.807) is 13.0 Å². The molecule has 22 heavy (non-hydrogen) atoms. The molecule has 3 aromatic heterocycles. The van der Waals surface area contributed by atoms with Gasteiger partial charge >= 0.3 is 0 Å². The molecule has 3 aromatic rings. The van der Waals surface area contributed by atoms with Crippen molar-refractivity contribution in [3.8, 4) is 0 Å². The lowest BCUT2D eigenvalue weighted by Crippen LogP contribution is -2.25. The van der Waals surface area contributed by atoms with Crippen molar-refractivity contribution in [2.45, 2.75) is 20.3 Å². The molecule has 0 aliphatic heterocycles. The van der Waals surface area contributed by atoms with Gasteiger partial charge in [-0.15, -0.1) is 11.3 Å². The van der Waals surface area contributed by atoms with Gasteiger partial charge < -0.3 is 9.73 Å². The molecule has 1 N–H and O–H groups in total. The highest BCUT2D eigenvalue weighted by Gasteiger charge is 2.18. The lowest BCUT2D eigenvalue weighted by atomic mass is 10.3. The Morgan fingerprint density at radius 1 is 1.50 bits per heavy atom. The first kappa shape index (κ1) is 15.0. The molecule has 8 heteroatoms. The number of nitrogens with one attached hydrogen (secondary N) is 1. The van der Waals surface area contributed by atoms with Gasteiger partial charge in [0.1, 0.15) is 5.69 Å². The van der Waals surface area contributed by atoms with Gasteiger partial charge in [-0.25, -0.2) is 4.98 Å². The average molecular weight is 382 g/mol. The summed E-state index contributed by atoms with van der Waals surface area (Å²) in [6.45, 7) is 3.66. The van der Waals surface area contributed by atoms with Crippen LogP contribution >= 0.6 is 27.3 Å². The van der Waals surface area contributed by atoms with Crippen molar-refractivity contribution < 1.29 is 9.21 Å². The highest BCUT2D eigenvalue weighted by atomic mass is 79.9. The van der Waals surface area contributed by atoms with Gasteiger partial charge in [0.05, 0.1) is 5.69 Å². The molecular weight excluding hydrogens is 370 g/mol. The molecule has 6 nitrogen and oxygen atoms in total. The third-order valence-electron chi connectivity index (χ3n) is 3.22. The summed E-state index contributed by atoms with van der Waals surface area (Å²) in [6, 6.07) is 3.14. The highest BCUT2D eigenvalue weighted by Crippen LogP contribution is 2.19. The first-order valence-electron chi connectivity index (χ1n) is 6.57. The van der Waals surface area contributed by atoms with Crippen LogP contribution in [0.3, 0.4) is 0 Å². The zero-order valence-electron chi connectivity index (χ0n) is 11.8. The summed E-state index contributed by atoms with van der Waals surface area (Å²) >= 11 is 4.55. The molecule has 0 bridgehead atoms. The Bertz CT molecular complexity index is 925. The van der Waals surface area contributed by atoms with Crippen molar-refractivity contribution in [2.24, 2.45) is 0 Å². The number of halogens is 1. The van der Waals surface area contributed by atoms with Gasteiger partial charge in [0.2, 0.25) is 0 Å². The van der Waals surface area contributed by atoms with Crippen LogP contribution in [0.4, 0.5) is 5.69 Å². The second kappa shape index (κ2) is 5.69. The number of thiazole rings is 1. The maximum Gasteiger partial charge on any atom is 0.291 e. The van der Waals surface area contributed by atoms with Crippen LogP contribution in [-0.2, 0) is 6.42 Å². The number of rotatable bonds is 3. The van der Waals surface area contributed by atoms with E-state index in [-0.39, 0.29) is 17.0 Å². The fourth-order valence-corrected chi connectivity index (χ4v) is 3.42. The number of amides is 1. The fourth-order valence-electron chi connectivity index (χ4n) is 2.11. The first-order valence-corrected chi connectivity index (χ1v) is 8.25. The van der Waals surface area contributed by atoms with Crippen LogP contribution < -0.4 is 10.9 Å². The third-order valence-corrected chi connectivity index (χ3v) is 4.52. The minimum atomic E-state index is -0.485. The first-order chi connectivity index (χ1) is 10.5. The molecule has 3 heterocycles. The van der Waals surface area contributed by atoms with E-state index in [1.165, 1.54) is 21.8 Å². The van der Waals surface area contributed by atoms with E-state index in [4.69, 9.17) is 4.42 Å². The second-order valence-corrected chi connectivity index (χ2v) is 6.25. The van der Waals surface area contributed by atoms with Gasteiger partial charge in [0.25, 0.3) is 11.5 Å². The van der Waals surface area contributed by atoms with Gasteiger partial charge in [-0.3, -0.25) is 14.0 Å². The molecule has 0 saturated heterocycles. The van der Waals surface area contributed by atoms with Crippen LogP contribution in [0.2, 0.25) is 0 Å². The van der Waals surface area contributed by atoms with Crippen LogP contribution in [0.1, 0.15) is 28.9 Å². The van der Waals surface area contributed by atoms with E-state index < -0.39 is 5.91 Å². The molecule has 0 fully saturated rings. The van der Waals surface area contributed by atoms with Crippen LogP contribution in [0.15, 0.2) is 31.4 Å². The standard InChI is InChI=1S/C14H12BrN3O3S/c1-3-8-6-22-14-16-7(2)11(13(20)18(8)14)17-12(19)9-4-5-10(15)21-9/h4-6H,3H2,1-2H3,(H,17,19). The van der Waals surface area contributed by atoms with Gasteiger partial charge in [-0.05, 0) is 41.4 Å². The summed E-state index contributed by atoms with van der Waals surface area (Å²) in [5, 5.41) is 4.50. The lowest BCUT2D eigenvalue weighted by Gasteiger charge is -2.07. The van der Waals surface area contributed by atoms with E-state index in [0.29, 0.717) is 21.7 Å². The number of furan rings is 1. The third kappa shape index (κ3) is 2.48. The van der Waals surface area contributed by atoms with Gasteiger partial charge in [-0.2, -0.15) is 0 Å². The summed E-state index contributed by atoms with van der Waals surface area (Å²) in [6.07, 6.45) is 0.711. The number of aromatic nitrogens is 2. The summed E-state index contributed by atoms with van der Waals surface area (Å²) < 4.78 is 7.17. The number of hydrogen-bond acceptors (Lipinski definition) is 5. The zero-order valence-corrected chi connectivity index (χ0v) is 14.2. The maximum absolute atomic E-state index is 12.6. The smallest absolute Gasteiger partial charge is 0.291 e. The van der Waals surface area contributed by atoms with Crippen molar-refractivity contribution >= 4 is 43.8 Å². The number of anilines is 1. The number of carbonyl (C=O) groups excluding carboxylic acids is 1. The molecular formula is C14H12BrN3O3S. The molecule has 0 radical (unpaired) electrons. The Morgan fingerprint density at radius 2 is 2.27 bits per heavy atom. The molecule has 0 spiro atoms. The largest absolute Gasteiger partial charge is 0.444 e. The number of fused-ring (bicyclic) bond motifs is 1. The van der Waals surface area contributed by atoms with Crippen LogP contribution in [0.5, 0.6) is 0 Å². The summed E-state index contributed by atoms with van der Waals surface area (Å²) in [5.74, 6) is -0.363. The molecule has 0 aromatic carbocycles. The second-order valence-electron chi connectivity index (χ2n) is 4.63. The van der Waals surface area contributed by atoms with Gasteiger partial charge in [-0.1, -0.05) is 6.92 Å². The van der Waals surface area contributed by atoms with Crippen molar-refractivity contribution in [3.63, 3.8) is 0 Å². The molecule has 0 unspecified atom stereocenters. The zero-order chi connectivity index (χ0) is 15.9. The molecule has 1 amide bonds. The number of nitrogens with zero attached hydrogens (tertiary/aromatic N) is 2. The normalized spacial score (nSPS) is 11.0. The quantitative estimate of drug-likeness (QED) is 0.755. The molecule has 0 aliphatic rings. The molecule has 114 valence electrons. The van der Waals surface area contributed by atoms with E-state index in [9.17, 15) is 9.59 Å². The van der Waals surface area contributed by atoms with Crippen LogP contribution in [0, 0.1) is 6.92 Å². The SMILES string of the molecule is CCc1csc2nc(C)c(NC(=O)c3ccc(Br)o3)c(=O)n12. The molecule has 3 rings (SSSR count). The number of hydrogen-bond donors (Lipinski definition) is 1. The molecule has 0 aliphatic carbocycles. The maximum atomic E-state index is 12.6. The average Bonchev–Trinajstić information content (AvgIpc) is 3.09.